The number of hydrogen-bond donors (Lipinski definition) is 4. The highest BCUT2D eigenvalue weighted by atomic mass is 32.2. The maximum Gasteiger partial charge on any atom is 0.490 e. The Morgan fingerprint density at radius 1 is 1.31 bits per heavy atom. The Balaban J connectivity index is 0.000000298. The summed E-state index contributed by atoms with van der Waals surface area (Å²) in [5.74, 6) is -2.57. The second kappa shape index (κ2) is 7.01. The first-order chi connectivity index (χ1) is 12.0. The standard InChI is InChI=1S/C13H11N5S.C2HF3O2/c14-5-9-11(16)8-4-6-3-7(15)1-2-10(6)19-13(8)18-12(9)17;3-2(4,5)1(6)7/h1-3H,4,15H2,(H4,16,17,18);(H,6,7). The minimum atomic E-state index is -5.08. The van der Waals surface area contributed by atoms with Crippen LogP contribution in [-0.4, -0.2) is 22.2 Å². The third-order valence-corrected chi connectivity index (χ3v) is 4.49. The minimum Gasteiger partial charge on any atom is -0.475 e. The number of fused-ring (bicyclic) bond motifs is 2. The van der Waals surface area contributed by atoms with Crippen molar-refractivity contribution in [1.82, 2.24) is 4.98 Å². The van der Waals surface area contributed by atoms with E-state index in [4.69, 9.17) is 32.4 Å². The van der Waals surface area contributed by atoms with E-state index in [1.165, 1.54) is 11.8 Å². The third kappa shape index (κ3) is 3.92. The van der Waals surface area contributed by atoms with E-state index < -0.39 is 12.1 Å². The topological polar surface area (TPSA) is 152 Å². The Labute approximate surface area is 149 Å². The molecule has 2 heterocycles. The first-order valence-corrected chi connectivity index (χ1v) is 7.70. The van der Waals surface area contributed by atoms with Gasteiger partial charge >= 0.3 is 12.1 Å². The van der Waals surface area contributed by atoms with Crippen molar-refractivity contribution in [2.45, 2.75) is 22.5 Å². The van der Waals surface area contributed by atoms with E-state index >= 15 is 0 Å². The smallest absolute Gasteiger partial charge is 0.475 e. The van der Waals surface area contributed by atoms with Crippen LogP contribution in [0.1, 0.15) is 16.7 Å². The first-order valence-electron chi connectivity index (χ1n) is 6.88. The summed E-state index contributed by atoms with van der Waals surface area (Å²) < 4.78 is 31.7. The monoisotopic (exact) mass is 383 g/mol. The van der Waals surface area contributed by atoms with Crippen molar-refractivity contribution in [3.05, 3.63) is 34.9 Å². The number of nitriles is 1. The molecule has 7 nitrogen and oxygen atoms in total. The summed E-state index contributed by atoms with van der Waals surface area (Å²) in [4.78, 5) is 14.3. The lowest BCUT2D eigenvalue weighted by molar-refractivity contribution is -0.192. The van der Waals surface area contributed by atoms with E-state index in [0.717, 1.165) is 21.0 Å². The van der Waals surface area contributed by atoms with Gasteiger partial charge in [0.25, 0.3) is 0 Å². The highest BCUT2D eigenvalue weighted by molar-refractivity contribution is 7.99. The van der Waals surface area contributed by atoms with Crippen molar-refractivity contribution < 1.29 is 23.1 Å². The van der Waals surface area contributed by atoms with Gasteiger partial charge < -0.3 is 22.3 Å². The van der Waals surface area contributed by atoms with Crippen LogP contribution in [0.4, 0.5) is 30.4 Å². The van der Waals surface area contributed by atoms with Crippen LogP contribution in [0.15, 0.2) is 28.1 Å². The van der Waals surface area contributed by atoms with Crippen LogP contribution in [-0.2, 0) is 11.2 Å². The Morgan fingerprint density at radius 2 is 1.92 bits per heavy atom. The number of benzene rings is 1. The van der Waals surface area contributed by atoms with Gasteiger partial charge in [0.2, 0.25) is 0 Å². The fourth-order valence-corrected chi connectivity index (χ4v) is 3.20. The predicted octanol–water partition coefficient (Wildman–Crippen LogP) is 2.39. The molecule has 3 rings (SSSR count). The number of nitrogens with two attached hydrogens (primary N) is 3. The first kappa shape index (κ1) is 19.2. The fourth-order valence-electron chi connectivity index (χ4n) is 2.14. The van der Waals surface area contributed by atoms with E-state index in [1.54, 1.807) is 0 Å². The summed E-state index contributed by atoms with van der Waals surface area (Å²) in [5.41, 5.74) is 20.9. The zero-order valence-corrected chi connectivity index (χ0v) is 13.8. The molecule has 26 heavy (non-hydrogen) atoms. The van der Waals surface area contributed by atoms with Gasteiger partial charge in [-0.1, -0.05) is 11.8 Å². The normalized spacial score (nSPS) is 12.1. The molecule has 0 bridgehead atoms. The molecule has 0 saturated heterocycles. The molecule has 136 valence electrons. The zero-order chi connectivity index (χ0) is 19.6. The molecule has 1 aliphatic heterocycles. The largest absolute Gasteiger partial charge is 0.490 e. The molecule has 2 aromatic rings. The number of aromatic nitrogens is 1. The summed E-state index contributed by atoms with van der Waals surface area (Å²) in [7, 11) is 0. The number of aliphatic carboxylic acids is 1. The van der Waals surface area contributed by atoms with Crippen molar-refractivity contribution in [2.24, 2.45) is 0 Å². The van der Waals surface area contributed by atoms with Gasteiger partial charge in [0.1, 0.15) is 22.5 Å². The average molecular weight is 383 g/mol. The number of alkyl halides is 3. The molecule has 0 spiro atoms. The number of anilines is 3. The van der Waals surface area contributed by atoms with Gasteiger partial charge in [0.15, 0.2) is 0 Å². The van der Waals surface area contributed by atoms with Crippen molar-refractivity contribution in [2.75, 3.05) is 17.2 Å². The zero-order valence-electron chi connectivity index (χ0n) is 13.0. The molecule has 0 fully saturated rings. The van der Waals surface area contributed by atoms with E-state index in [2.05, 4.69) is 4.98 Å². The molecule has 11 heteroatoms. The quantitative estimate of drug-likeness (QED) is 0.432. The molecular formula is C15H12F3N5O2S. The van der Waals surface area contributed by atoms with E-state index in [-0.39, 0.29) is 11.4 Å². The van der Waals surface area contributed by atoms with Crippen LogP contribution in [0.5, 0.6) is 0 Å². The molecule has 0 aliphatic carbocycles. The maximum absolute atomic E-state index is 10.6. The van der Waals surface area contributed by atoms with Gasteiger partial charge in [-0.2, -0.15) is 18.4 Å². The number of hydrogen-bond acceptors (Lipinski definition) is 7. The van der Waals surface area contributed by atoms with Crippen LogP contribution in [0.2, 0.25) is 0 Å². The minimum absolute atomic E-state index is 0.185. The van der Waals surface area contributed by atoms with E-state index in [9.17, 15) is 13.2 Å². The molecule has 0 saturated carbocycles. The summed E-state index contributed by atoms with van der Waals surface area (Å²) >= 11 is 1.50. The summed E-state index contributed by atoms with van der Waals surface area (Å²) in [6, 6.07) is 7.74. The SMILES string of the molecule is N#Cc1c(N)nc2c(c1N)Cc1cc(N)ccc1S2.O=C(O)C(F)(F)F. The lowest BCUT2D eigenvalue weighted by Crippen LogP contribution is -2.21. The number of carbonyl (C=O) groups is 1. The van der Waals surface area contributed by atoms with Gasteiger partial charge in [0, 0.05) is 22.6 Å². The van der Waals surface area contributed by atoms with Crippen LogP contribution < -0.4 is 17.2 Å². The molecule has 1 aliphatic rings. The van der Waals surface area contributed by atoms with Crippen LogP contribution in [0.3, 0.4) is 0 Å². The summed E-state index contributed by atoms with van der Waals surface area (Å²) in [6.07, 6.45) is -4.46. The molecule has 0 atom stereocenters. The number of pyridine rings is 1. The lowest BCUT2D eigenvalue weighted by Gasteiger charge is -2.21. The lowest BCUT2D eigenvalue weighted by atomic mass is 10.0. The number of nitrogen functional groups attached to an aromatic ring is 3. The maximum atomic E-state index is 10.6. The molecule has 1 aromatic heterocycles. The number of halogens is 3. The highest BCUT2D eigenvalue weighted by Crippen LogP contribution is 2.42. The number of nitrogens with zero attached hydrogens (tertiary/aromatic N) is 2. The van der Waals surface area contributed by atoms with Gasteiger partial charge in [-0.15, -0.1) is 0 Å². The average Bonchev–Trinajstić information content (AvgIpc) is 2.54. The second-order valence-electron chi connectivity index (χ2n) is 5.13. The van der Waals surface area contributed by atoms with Gasteiger partial charge in [-0.25, -0.2) is 9.78 Å². The van der Waals surface area contributed by atoms with Crippen LogP contribution >= 0.6 is 11.8 Å². The molecular weight excluding hydrogens is 371 g/mol. The molecule has 0 amide bonds. The second-order valence-corrected chi connectivity index (χ2v) is 6.16. The summed E-state index contributed by atoms with van der Waals surface area (Å²) in [5, 5.41) is 17.0. The van der Waals surface area contributed by atoms with Crippen LogP contribution in [0, 0.1) is 11.3 Å². The van der Waals surface area contributed by atoms with Crippen LogP contribution in [0.25, 0.3) is 0 Å². The molecule has 0 unspecified atom stereocenters. The fraction of sp³-hybridized carbons (Fsp3) is 0.133. The Kier molecular flexibility index (Phi) is 5.17. The van der Waals surface area contributed by atoms with Crippen molar-refractivity contribution in [1.29, 1.82) is 5.26 Å². The number of rotatable bonds is 0. The molecule has 7 N–H and O–H groups in total. The predicted molar refractivity (Wildman–Crippen MR) is 89.3 cm³/mol. The molecule has 0 radical (unpaired) electrons. The highest BCUT2D eigenvalue weighted by Gasteiger charge is 2.38. The number of carboxylic acid groups (broad SMARTS) is 1. The Hall–Kier alpha value is -3.13. The summed E-state index contributed by atoms with van der Waals surface area (Å²) in [6.45, 7) is 0. The van der Waals surface area contributed by atoms with Crippen molar-refractivity contribution in [3.8, 4) is 6.07 Å². The van der Waals surface area contributed by atoms with Gasteiger partial charge in [-0.3, -0.25) is 0 Å². The Morgan fingerprint density at radius 3 is 2.46 bits per heavy atom. The van der Waals surface area contributed by atoms with Gasteiger partial charge in [-0.05, 0) is 23.8 Å². The van der Waals surface area contributed by atoms with Crippen molar-refractivity contribution in [3.63, 3.8) is 0 Å². The number of carboxylic acids is 1. The van der Waals surface area contributed by atoms with E-state index in [1.807, 2.05) is 24.3 Å². The molecule has 1 aromatic carbocycles. The van der Waals surface area contributed by atoms with Gasteiger partial charge in [0.05, 0.1) is 5.69 Å². The Bertz CT molecular complexity index is 925. The van der Waals surface area contributed by atoms with E-state index in [0.29, 0.717) is 17.8 Å². The third-order valence-electron chi connectivity index (χ3n) is 3.34. The van der Waals surface area contributed by atoms with Crippen molar-refractivity contribution >= 4 is 34.9 Å².